The topological polar surface area (TPSA) is 53.1 Å². The van der Waals surface area contributed by atoms with Gasteiger partial charge in [-0.3, -0.25) is 5.41 Å². The molecule has 1 aromatic heterocycles. The maximum absolute atomic E-state index is 7.63. The molecule has 1 heterocycles. The van der Waals surface area contributed by atoms with Crippen LogP contribution in [-0.4, -0.2) is 12.9 Å². The largest absolute Gasteiger partial charge is 0.384 e. The molecule has 3 N–H and O–H groups in total. The van der Waals surface area contributed by atoms with Gasteiger partial charge >= 0.3 is 0 Å². The Morgan fingerprint density at radius 1 is 1.44 bits per heavy atom. The Morgan fingerprint density at radius 2 is 2.22 bits per heavy atom. The minimum atomic E-state index is -0.00670. The average molecular weight is 280 g/mol. The van der Waals surface area contributed by atoms with Gasteiger partial charge in [0, 0.05) is 19.3 Å². The zero-order valence-electron chi connectivity index (χ0n) is 9.98. The molecule has 1 aromatic carbocycles. The molecule has 0 bridgehead atoms. The van der Waals surface area contributed by atoms with Gasteiger partial charge in [0.1, 0.15) is 5.84 Å². The Bertz CT molecular complexity index is 551. The minimum absolute atomic E-state index is 0.00670. The highest BCUT2D eigenvalue weighted by Gasteiger charge is 2.13. The molecule has 0 amide bonds. The number of nitrogens with two attached hydrogens (primary N) is 1. The van der Waals surface area contributed by atoms with E-state index in [-0.39, 0.29) is 5.84 Å². The number of thiophene rings is 1. The standard InChI is InChI=1S/C13H14ClN3S/c1-17(7-9-5-6-18-8-9)11-4-2-3-10(14)12(11)13(15)16/h2-6,8H,7H2,1H3,(H3,15,16). The van der Waals surface area contributed by atoms with Crippen molar-refractivity contribution in [3.63, 3.8) is 0 Å². The Morgan fingerprint density at radius 3 is 2.83 bits per heavy atom. The first-order valence-electron chi connectivity index (χ1n) is 5.44. The molecule has 0 unspecified atom stereocenters. The number of anilines is 1. The van der Waals surface area contributed by atoms with Gasteiger partial charge in [0.05, 0.1) is 10.6 Å². The summed E-state index contributed by atoms with van der Waals surface area (Å²) in [6.07, 6.45) is 0. The molecule has 0 saturated carbocycles. The molecular weight excluding hydrogens is 266 g/mol. The molecule has 0 aliphatic carbocycles. The zero-order valence-corrected chi connectivity index (χ0v) is 11.6. The van der Waals surface area contributed by atoms with Crippen LogP contribution in [0.2, 0.25) is 5.02 Å². The summed E-state index contributed by atoms with van der Waals surface area (Å²) in [5.41, 5.74) is 8.30. The van der Waals surface area contributed by atoms with Gasteiger partial charge in [-0.15, -0.1) is 0 Å². The van der Waals surface area contributed by atoms with Gasteiger partial charge in [0.2, 0.25) is 0 Å². The number of hydrogen-bond donors (Lipinski definition) is 2. The molecule has 0 radical (unpaired) electrons. The lowest BCUT2D eigenvalue weighted by molar-refractivity contribution is 0.926. The van der Waals surface area contributed by atoms with Gasteiger partial charge in [0.15, 0.2) is 0 Å². The third-order valence-electron chi connectivity index (χ3n) is 2.67. The summed E-state index contributed by atoms with van der Waals surface area (Å²) in [6.45, 7) is 0.768. The number of benzene rings is 1. The zero-order chi connectivity index (χ0) is 13.1. The van der Waals surface area contributed by atoms with Crippen LogP contribution in [0.3, 0.4) is 0 Å². The van der Waals surface area contributed by atoms with Gasteiger partial charge in [-0.1, -0.05) is 17.7 Å². The van der Waals surface area contributed by atoms with Crippen LogP contribution < -0.4 is 10.6 Å². The third-order valence-corrected chi connectivity index (χ3v) is 3.72. The van der Waals surface area contributed by atoms with Crippen molar-refractivity contribution in [1.29, 1.82) is 5.41 Å². The van der Waals surface area contributed by atoms with E-state index in [0.29, 0.717) is 10.6 Å². The molecule has 0 fully saturated rings. The summed E-state index contributed by atoms with van der Waals surface area (Å²) in [5, 5.41) is 12.3. The Labute approximate surface area is 115 Å². The van der Waals surface area contributed by atoms with Crippen molar-refractivity contribution in [3.8, 4) is 0 Å². The van der Waals surface area contributed by atoms with Crippen LogP contribution in [0.5, 0.6) is 0 Å². The minimum Gasteiger partial charge on any atom is -0.384 e. The molecule has 18 heavy (non-hydrogen) atoms. The molecule has 2 aromatic rings. The third kappa shape index (κ3) is 2.66. The number of nitrogen functional groups attached to an aromatic ring is 1. The highest BCUT2D eigenvalue weighted by atomic mass is 35.5. The Kier molecular flexibility index (Phi) is 3.89. The Balaban J connectivity index is 2.32. The molecule has 0 atom stereocenters. The molecule has 3 nitrogen and oxygen atoms in total. The quantitative estimate of drug-likeness (QED) is 0.666. The molecule has 5 heteroatoms. The second-order valence-corrected chi connectivity index (χ2v) is 5.22. The number of amidine groups is 1. The lowest BCUT2D eigenvalue weighted by atomic mass is 10.1. The van der Waals surface area contributed by atoms with Crippen LogP contribution in [0.1, 0.15) is 11.1 Å². The first-order valence-corrected chi connectivity index (χ1v) is 6.77. The van der Waals surface area contributed by atoms with Crippen molar-refractivity contribution in [1.82, 2.24) is 0 Å². The maximum atomic E-state index is 7.63. The van der Waals surface area contributed by atoms with Gasteiger partial charge < -0.3 is 10.6 Å². The van der Waals surface area contributed by atoms with Crippen molar-refractivity contribution in [2.75, 3.05) is 11.9 Å². The fraction of sp³-hybridized carbons (Fsp3) is 0.154. The molecule has 0 aliphatic heterocycles. The summed E-state index contributed by atoms with van der Waals surface area (Å²) in [6, 6.07) is 7.63. The van der Waals surface area contributed by atoms with E-state index < -0.39 is 0 Å². The highest BCUT2D eigenvalue weighted by Crippen LogP contribution is 2.27. The van der Waals surface area contributed by atoms with E-state index in [0.717, 1.165) is 12.2 Å². The van der Waals surface area contributed by atoms with Gasteiger partial charge in [-0.2, -0.15) is 11.3 Å². The summed E-state index contributed by atoms with van der Waals surface area (Å²) in [5.74, 6) is -0.00670. The number of hydrogen-bond acceptors (Lipinski definition) is 3. The summed E-state index contributed by atoms with van der Waals surface area (Å²) in [4.78, 5) is 2.05. The van der Waals surface area contributed by atoms with E-state index in [1.54, 1.807) is 17.4 Å². The molecule has 0 spiro atoms. The fourth-order valence-corrected chi connectivity index (χ4v) is 2.77. The van der Waals surface area contributed by atoms with E-state index in [4.69, 9.17) is 22.7 Å². The van der Waals surface area contributed by atoms with E-state index in [1.807, 2.05) is 29.5 Å². The molecule has 0 saturated heterocycles. The average Bonchev–Trinajstić information content (AvgIpc) is 2.80. The summed E-state index contributed by atoms with van der Waals surface area (Å²) < 4.78 is 0. The van der Waals surface area contributed by atoms with E-state index in [1.165, 1.54) is 5.56 Å². The number of halogens is 1. The van der Waals surface area contributed by atoms with Crippen molar-refractivity contribution >= 4 is 34.5 Å². The summed E-state index contributed by atoms with van der Waals surface area (Å²) >= 11 is 7.78. The van der Waals surface area contributed by atoms with E-state index >= 15 is 0 Å². The van der Waals surface area contributed by atoms with Crippen molar-refractivity contribution in [3.05, 3.63) is 51.2 Å². The van der Waals surface area contributed by atoms with Gasteiger partial charge in [-0.25, -0.2) is 0 Å². The second kappa shape index (κ2) is 5.42. The van der Waals surface area contributed by atoms with E-state index in [2.05, 4.69) is 11.4 Å². The second-order valence-electron chi connectivity index (χ2n) is 4.04. The van der Waals surface area contributed by atoms with Crippen LogP contribution >= 0.6 is 22.9 Å². The lowest BCUT2D eigenvalue weighted by Gasteiger charge is -2.22. The first kappa shape index (κ1) is 12.9. The van der Waals surface area contributed by atoms with Gasteiger partial charge in [0.25, 0.3) is 0 Å². The number of nitrogens with zero attached hydrogens (tertiary/aromatic N) is 1. The monoisotopic (exact) mass is 279 g/mol. The van der Waals surface area contributed by atoms with Crippen molar-refractivity contribution in [2.45, 2.75) is 6.54 Å². The Hall–Kier alpha value is -1.52. The first-order chi connectivity index (χ1) is 8.59. The van der Waals surface area contributed by atoms with Crippen LogP contribution in [-0.2, 0) is 6.54 Å². The molecule has 0 aliphatic rings. The SMILES string of the molecule is CN(Cc1ccsc1)c1cccc(Cl)c1C(=N)N. The van der Waals surface area contributed by atoms with Gasteiger partial charge in [-0.05, 0) is 34.5 Å². The molecular formula is C13H14ClN3S. The number of nitrogens with one attached hydrogen (secondary N) is 1. The number of rotatable bonds is 4. The van der Waals surface area contributed by atoms with Crippen molar-refractivity contribution < 1.29 is 0 Å². The van der Waals surface area contributed by atoms with Crippen LogP contribution in [0, 0.1) is 5.41 Å². The maximum Gasteiger partial charge on any atom is 0.126 e. The smallest absolute Gasteiger partial charge is 0.126 e. The van der Waals surface area contributed by atoms with E-state index in [9.17, 15) is 0 Å². The van der Waals surface area contributed by atoms with Crippen molar-refractivity contribution in [2.24, 2.45) is 5.73 Å². The predicted octanol–water partition coefficient (Wildman–Crippen LogP) is 3.32. The fourth-order valence-electron chi connectivity index (χ4n) is 1.84. The summed E-state index contributed by atoms with van der Waals surface area (Å²) in [7, 11) is 1.97. The predicted molar refractivity (Wildman–Crippen MR) is 78.9 cm³/mol. The molecule has 2 rings (SSSR count). The van der Waals surface area contributed by atoms with Crippen LogP contribution in [0.4, 0.5) is 5.69 Å². The molecule has 94 valence electrons. The lowest BCUT2D eigenvalue weighted by Crippen LogP contribution is -2.22. The highest BCUT2D eigenvalue weighted by molar-refractivity contribution is 7.07. The van der Waals surface area contributed by atoms with Crippen LogP contribution in [0.25, 0.3) is 0 Å². The van der Waals surface area contributed by atoms with Crippen LogP contribution in [0.15, 0.2) is 35.0 Å². The normalized spacial score (nSPS) is 10.3.